The first kappa shape index (κ1) is 15.9. The van der Waals surface area contributed by atoms with E-state index in [1.165, 1.54) is 0 Å². The maximum absolute atomic E-state index is 12.5. The number of nitriles is 1. The molecular weight excluding hydrogens is 342 g/mol. The number of pyridine rings is 1. The van der Waals surface area contributed by atoms with E-state index < -0.39 is 5.54 Å². The number of aromatic amines is 1. The number of nitrogens with zero attached hydrogens (tertiary/aromatic N) is 5. The number of rotatable bonds is 2. The van der Waals surface area contributed by atoms with Crippen molar-refractivity contribution < 1.29 is 4.79 Å². The third kappa shape index (κ3) is 2.46. The van der Waals surface area contributed by atoms with Crippen molar-refractivity contribution in [2.45, 2.75) is 25.3 Å². The van der Waals surface area contributed by atoms with Crippen molar-refractivity contribution in [3.63, 3.8) is 0 Å². The minimum atomic E-state index is -0.391. The van der Waals surface area contributed by atoms with Crippen LogP contribution in [-0.2, 0) is 0 Å². The fourth-order valence-corrected chi connectivity index (χ4v) is 4.05. The van der Waals surface area contributed by atoms with Gasteiger partial charge >= 0.3 is 6.03 Å². The predicted octanol–water partition coefficient (Wildman–Crippen LogP) is 2.47. The third-order valence-electron chi connectivity index (χ3n) is 5.49. The molecule has 27 heavy (non-hydrogen) atoms. The number of carbonyl (C=O) groups excluding carboxylic acids is 1. The van der Waals surface area contributed by atoms with Crippen LogP contribution in [-0.4, -0.2) is 49.1 Å². The molecule has 5 rings (SSSR count). The first-order chi connectivity index (χ1) is 13.1. The number of urea groups is 1. The number of likely N-dealkylation sites (tertiary alicyclic amines) is 1. The monoisotopic (exact) mass is 361 g/mol. The normalized spacial score (nSPS) is 24.7. The number of aromatic nitrogens is 4. The zero-order valence-electron chi connectivity index (χ0n) is 14.9. The summed E-state index contributed by atoms with van der Waals surface area (Å²) >= 11 is 0. The molecule has 1 saturated heterocycles. The number of hydrogen-bond donors (Lipinski definition) is 2. The minimum absolute atomic E-state index is 0.0502. The topological polar surface area (TPSA) is 103 Å². The maximum atomic E-state index is 12.5. The fraction of sp³-hybridized carbons (Fsp3) is 0.368. The second-order valence-corrected chi connectivity index (χ2v) is 7.57. The second kappa shape index (κ2) is 5.58. The zero-order chi connectivity index (χ0) is 18.6. The number of H-pyrrole nitrogens is 1. The van der Waals surface area contributed by atoms with Gasteiger partial charge < -0.3 is 19.8 Å². The van der Waals surface area contributed by atoms with E-state index in [1.807, 2.05) is 25.5 Å². The molecule has 2 unspecified atom stereocenters. The highest BCUT2D eigenvalue weighted by Gasteiger charge is 2.37. The van der Waals surface area contributed by atoms with Crippen molar-refractivity contribution in [3.05, 3.63) is 30.9 Å². The van der Waals surface area contributed by atoms with E-state index in [0.29, 0.717) is 19.5 Å². The Labute approximate surface area is 155 Å². The van der Waals surface area contributed by atoms with Crippen LogP contribution in [0.2, 0.25) is 0 Å². The fourth-order valence-electron chi connectivity index (χ4n) is 4.05. The molecule has 0 bridgehead atoms. The molecule has 8 nitrogen and oxygen atoms in total. The quantitative estimate of drug-likeness (QED) is 0.732. The lowest BCUT2D eigenvalue weighted by Gasteiger charge is -2.38. The standard InChI is InChI=1S/C19H19N7O/c1-19(24-18(27)25-5-3-12(8-20)10-25)6-13(7-19)26-11-23-15-9-22-17-14(16(15)26)2-4-21-17/h2,4,6,9,11-12H,3,5,7,10H2,1H3,(H,21,22)(H,24,27). The Balaban J connectivity index is 1.39. The lowest BCUT2D eigenvalue weighted by molar-refractivity contribution is 0.198. The van der Waals surface area contributed by atoms with E-state index in [9.17, 15) is 4.79 Å². The molecule has 3 aromatic rings. The number of carbonyl (C=O) groups is 1. The Morgan fingerprint density at radius 3 is 3.11 bits per heavy atom. The first-order valence-corrected chi connectivity index (χ1v) is 9.04. The van der Waals surface area contributed by atoms with Crippen molar-refractivity contribution in [3.8, 4) is 6.07 Å². The second-order valence-electron chi connectivity index (χ2n) is 7.57. The molecule has 0 radical (unpaired) electrons. The van der Waals surface area contributed by atoms with Crippen LogP contribution in [0.15, 0.2) is 30.9 Å². The minimum Gasteiger partial charge on any atom is -0.346 e. The SMILES string of the molecule is CC1(NC(=O)N2CCC(C#N)C2)C=C(n2cnc3cnc4[nH]ccc4c32)C1. The van der Waals surface area contributed by atoms with E-state index in [2.05, 4.69) is 37.0 Å². The molecular formula is C19H19N7O. The maximum Gasteiger partial charge on any atom is 0.318 e. The van der Waals surface area contributed by atoms with Crippen LogP contribution >= 0.6 is 0 Å². The average Bonchev–Trinajstić information content (AvgIpc) is 3.36. The van der Waals surface area contributed by atoms with Crippen LogP contribution in [0.1, 0.15) is 19.8 Å². The summed E-state index contributed by atoms with van der Waals surface area (Å²) in [4.78, 5) is 26.2. The highest BCUT2D eigenvalue weighted by atomic mass is 16.2. The number of amides is 2. The van der Waals surface area contributed by atoms with Gasteiger partial charge in [-0.25, -0.2) is 14.8 Å². The summed E-state index contributed by atoms with van der Waals surface area (Å²) < 4.78 is 2.07. The van der Waals surface area contributed by atoms with Crippen molar-refractivity contribution in [1.29, 1.82) is 5.26 Å². The van der Waals surface area contributed by atoms with Crippen LogP contribution in [0.25, 0.3) is 27.8 Å². The van der Waals surface area contributed by atoms with Gasteiger partial charge in [0.15, 0.2) is 0 Å². The Kier molecular flexibility index (Phi) is 3.28. The summed E-state index contributed by atoms with van der Waals surface area (Å²) in [6.07, 6.45) is 8.99. The predicted molar refractivity (Wildman–Crippen MR) is 101 cm³/mol. The third-order valence-corrected chi connectivity index (χ3v) is 5.49. The van der Waals surface area contributed by atoms with E-state index in [4.69, 9.17) is 5.26 Å². The molecule has 4 heterocycles. The van der Waals surface area contributed by atoms with Gasteiger partial charge in [0.25, 0.3) is 0 Å². The Morgan fingerprint density at radius 1 is 1.48 bits per heavy atom. The first-order valence-electron chi connectivity index (χ1n) is 9.04. The number of hydrogen-bond acceptors (Lipinski definition) is 4. The van der Waals surface area contributed by atoms with Gasteiger partial charge in [-0.15, -0.1) is 0 Å². The van der Waals surface area contributed by atoms with Crippen LogP contribution in [0.4, 0.5) is 4.79 Å². The molecule has 1 aliphatic carbocycles. The highest BCUT2D eigenvalue weighted by molar-refractivity contribution is 6.02. The molecule has 0 aromatic carbocycles. The Bertz CT molecular complexity index is 1130. The lowest BCUT2D eigenvalue weighted by Crippen LogP contribution is -2.53. The van der Waals surface area contributed by atoms with Crippen molar-refractivity contribution in [1.82, 2.24) is 29.7 Å². The smallest absolute Gasteiger partial charge is 0.318 e. The summed E-state index contributed by atoms with van der Waals surface area (Å²) in [5, 5.41) is 13.1. The van der Waals surface area contributed by atoms with Gasteiger partial charge in [-0.3, -0.25) is 0 Å². The molecule has 2 atom stereocenters. The van der Waals surface area contributed by atoms with Crippen LogP contribution in [0.3, 0.4) is 0 Å². The molecule has 1 aliphatic heterocycles. The van der Waals surface area contributed by atoms with E-state index >= 15 is 0 Å². The zero-order valence-corrected chi connectivity index (χ0v) is 14.9. The van der Waals surface area contributed by atoms with Crippen molar-refractivity contribution in [2.24, 2.45) is 5.92 Å². The van der Waals surface area contributed by atoms with E-state index in [-0.39, 0.29) is 11.9 Å². The summed E-state index contributed by atoms with van der Waals surface area (Å²) in [5.41, 5.74) is 3.42. The summed E-state index contributed by atoms with van der Waals surface area (Å²) in [6, 6.07) is 4.15. The summed E-state index contributed by atoms with van der Waals surface area (Å²) in [5.74, 6) is -0.0502. The molecule has 1 fully saturated rings. The van der Waals surface area contributed by atoms with Gasteiger partial charge in [-0.2, -0.15) is 5.26 Å². The largest absolute Gasteiger partial charge is 0.346 e. The molecule has 2 N–H and O–H groups in total. The molecule has 136 valence electrons. The van der Waals surface area contributed by atoms with Crippen LogP contribution in [0.5, 0.6) is 0 Å². The number of imidazole rings is 1. The van der Waals surface area contributed by atoms with Gasteiger partial charge in [-0.05, 0) is 25.5 Å². The molecule has 3 aromatic heterocycles. The molecule has 2 aliphatic rings. The van der Waals surface area contributed by atoms with Crippen LogP contribution < -0.4 is 5.32 Å². The molecule has 0 spiro atoms. The molecule has 0 saturated carbocycles. The van der Waals surface area contributed by atoms with Crippen molar-refractivity contribution in [2.75, 3.05) is 13.1 Å². The van der Waals surface area contributed by atoms with Gasteiger partial charge in [0.1, 0.15) is 17.5 Å². The average molecular weight is 361 g/mol. The molecule has 8 heteroatoms. The van der Waals surface area contributed by atoms with Gasteiger partial charge in [0.2, 0.25) is 0 Å². The highest BCUT2D eigenvalue weighted by Crippen LogP contribution is 2.37. The van der Waals surface area contributed by atoms with Gasteiger partial charge in [0, 0.05) is 36.8 Å². The number of nitrogens with one attached hydrogen (secondary N) is 2. The van der Waals surface area contributed by atoms with E-state index in [0.717, 1.165) is 34.2 Å². The lowest BCUT2D eigenvalue weighted by atomic mass is 9.84. The Hall–Kier alpha value is -3.34. The summed E-state index contributed by atoms with van der Waals surface area (Å²) in [7, 11) is 0. The molecule has 2 amide bonds. The van der Waals surface area contributed by atoms with E-state index in [1.54, 1.807) is 11.1 Å². The van der Waals surface area contributed by atoms with Crippen molar-refractivity contribution >= 4 is 33.8 Å². The van der Waals surface area contributed by atoms with Gasteiger partial charge in [0.05, 0.1) is 29.2 Å². The summed E-state index contributed by atoms with van der Waals surface area (Å²) in [6.45, 7) is 3.17. The number of fused-ring (bicyclic) bond motifs is 3. The Morgan fingerprint density at radius 2 is 2.33 bits per heavy atom. The van der Waals surface area contributed by atoms with Crippen LogP contribution in [0, 0.1) is 17.2 Å². The van der Waals surface area contributed by atoms with Gasteiger partial charge in [-0.1, -0.05) is 0 Å².